The Morgan fingerprint density at radius 2 is 1.81 bits per heavy atom. The SMILES string of the molecule is CCS(=O)(=O)c1ccc(On2c(-c3ccccn3)cc3ccccc32)cn1. The zero-order chi connectivity index (χ0) is 18.9. The summed E-state index contributed by atoms with van der Waals surface area (Å²) in [7, 11) is -3.35. The summed E-state index contributed by atoms with van der Waals surface area (Å²) in [6.07, 6.45) is 3.14. The average Bonchev–Trinajstić information content (AvgIpc) is 3.08. The molecule has 0 spiro atoms. The normalized spacial score (nSPS) is 11.6. The first-order valence-corrected chi connectivity index (χ1v) is 10.1. The number of sulfone groups is 1. The Bertz CT molecular complexity index is 1180. The van der Waals surface area contributed by atoms with Crippen LogP contribution in [0.1, 0.15) is 6.92 Å². The highest BCUT2D eigenvalue weighted by Crippen LogP contribution is 2.28. The molecule has 0 saturated carbocycles. The molecule has 4 aromatic rings. The van der Waals surface area contributed by atoms with Crippen molar-refractivity contribution in [1.82, 2.24) is 14.7 Å². The van der Waals surface area contributed by atoms with Crippen LogP contribution in [0, 0.1) is 0 Å². The van der Waals surface area contributed by atoms with Gasteiger partial charge in [-0.1, -0.05) is 31.2 Å². The minimum Gasteiger partial charge on any atom is -0.373 e. The van der Waals surface area contributed by atoms with E-state index in [4.69, 9.17) is 4.84 Å². The van der Waals surface area contributed by atoms with Gasteiger partial charge in [0.05, 0.1) is 23.2 Å². The Kier molecular flexibility index (Phi) is 4.37. The van der Waals surface area contributed by atoms with E-state index in [0.717, 1.165) is 22.3 Å². The van der Waals surface area contributed by atoms with Crippen LogP contribution in [0.4, 0.5) is 0 Å². The highest BCUT2D eigenvalue weighted by Gasteiger charge is 2.15. The van der Waals surface area contributed by atoms with Crippen LogP contribution in [0.3, 0.4) is 0 Å². The zero-order valence-corrected chi connectivity index (χ0v) is 15.4. The molecule has 0 radical (unpaired) electrons. The number of aromatic nitrogens is 3. The first-order valence-electron chi connectivity index (χ1n) is 8.47. The molecule has 0 bridgehead atoms. The van der Waals surface area contributed by atoms with E-state index in [2.05, 4.69) is 9.97 Å². The van der Waals surface area contributed by atoms with Crippen LogP contribution in [-0.2, 0) is 9.84 Å². The van der Waals surface area contributed by atoms with Crippen LogP contribution in [0.25, 0.3) is 22.3 Å². The maximum Gasteiger partial charge on any atom is 0.195 e. The number of hydrogen-bond donors (Lipinski definition) is 0. The summed E-state index contributed by atoms with van der Waals surface area (Å²) in [5.41, 5.74) is 2.44. The smallest absolute Gasteiger partial charge is 0.195 e. The summed E-state index contributed by atoms with van der Waals surface area (Å²) in [6, 6.07) is 18.6. The van der Waals surface area contributed by atoms with Gasteiger partial charge in [-0.05, 0) is 36.4 Å². The fourth-order valence-corrected chi connectivity index (χ4v) is 3.56. The van der Waals surface area contributed by atoms with Gasteiger partial charge in [0, 0.05) is 11.6 Å². The van der Waals surface area contributed by atoms with Crippen molar-refractivity contribution in [2.24, 2.45) is 0 Å². The van der Waals surface area contributed by atoms with Crippen LogP contribution >= 0.6 is 0 Å². The lowest BCUT2D eigenvalue weighted by Gasteiger charge is -2.12. The highest BCUT2D eigenvalue weighted by atomic mass is 32.2. The number of para-hydroxylation sites is 1. The fourth-order valence-electron chi connectivity index (χ4n) is 2.78. The molecule has 7 heteroatoms. The second kappa shape index (κ2) is 6.85. The van der Waals surface area contributed by atoms with Crippen LogP contribution in [0.5, 0.6) is 5.75 Å². The van der Waals surface area contributed by atoms with E-state index >= 15 is 0 Å². The molecule has 136 valence electrons. The van der Waals surface area contributed by atoms with Crippen molar-refractivity contribution in [1.29, 1.82) is 0 Å². The van der Waals surface area contributed by atoms with Crippen molar-refractivity contribution in [2.75, 3.05) is 5.75 Å². The quantitative estimate of drug-likeness (QED) is 0.528. The topological polar surface area (TPSA) is 74.1 Å². The third-order valence-electron chi connectivity index (χ3n) is 4.20. The average molecular weight is 379 g/mol. The minimum atomic E-state index is -3.35. The van der Waals surface area contributed by atoms with Crippen molar-refractivity contribution in [3.63, 3.8) is 0 Å². The predicted octanol–water partition coefficient (Wildman–Crippen LogP) is 3.73. The first-order chi connectivity index (χ1) is 13.1. The van der Waals surface area contributed by atoms with E-state index in [1.165, 1.54) is 12.3 Å². The van der Waals surface area contributed by atoms with Gasteiger partial charge in [-0.25, -0.2) is 13.4 Å². The predicted molar refractivity (Wildman–Crippen MR) is 103 cm³/mol. The van der Waals surface area contributed by atoms with E-state index in [9.17, 15) is 8.42 Å². The lowest BCUT2D eigenvalue weighted by atomic mass is 10.2. The minimum absolute atomic E-state index is 0.00622. The molecule has 6 nitrogen and oxygen atoms in total. The molecule has 0 saturated heterocycles. The van der Waals surface area contributed by atoms with Gasteiger partial charge in [0.15, 0.2) is 20.6 Å². The maximum absolute atomic E-state index is 11.9. The van der Waals surface area contributed by atoms with E-state index in [1.54, 1.807) is 23.9 Å². The Labute approximate surface area is 157 Å². The van der Waals surface area contributed by atoms with E-state index in [-0.39, 0.29) is 10.8 Å². The van der Waals surface area contributed by atoms with Crippen molar-refractivity contribution >= 4 is 20.7 Å². The standard InChI is InChI=1S/C20H17N3O3S/c1-2-27(24,25)20-11-10-16(14-22-20)26-23-18-9-4-3-7-15(18)13-19(23)17-8-5-6-12-21-17/h3-14H,2H2,1H3. The third-order valence-corrected chi connectivity index (χ3v) is 5.84. The van der Waals surface area contributed by atoms with E-state index in [1.807, 2.05) is 48.5 Å². The van der Waals surface area contributed by atoms with Crippen molar-refractivity contribution in [3.05, 3.63) is 73.1 Å². The summed E-state index contributed by atoms with van der Waals surface area (Å²) in [4.78, 5) is 14.5. The van der Waals surface area contributed by atoms with Crippen molar-refractivity contribution in [2.45, 2.75) is 11.9 Å². The molecular weight excluding hydrogens is 362 g/mol. The van der Waals surface area contributed by atoms with Crippen molar-refractivity contribution in [3.8, 4) is 17.1 Å². The summed E-state index contributed by atoms with van der Waals surface area (Å²) < 4.78 is 25.5. The third kappa shape index (κ3) is 3.29. The molecule has 3 heterocycles. The summed E-state index contributed by atoms with van der Waals surface area (Å²) in [5, 5.41) is 1.05. The molecular formula is C20H17N3O3S. The van der Waals surface area contributed by atoms with Gasteiger partial charge in [0.25, 0.3) is 0 Å². The Morgan fingerprint density at radius 1 is 1.00 bits per heavy atom. The summed E-state index contributed by atoms with van der Waals surface area (Å²) in [5.74, 6) is 0.440. The Morgan fingerprint density at radius 3 is 2.52 bits per heavy atom. The van der Waals surface area contributed by atoms with Crippen LogP contribution in [0.2, 0.25) is 0 Å². The largest absolute Gasteiger partial charge is 0.373 e. The number of rotatable bonds is 5. The molecule has 0 N–H and O–H groups in total. The zero-order valence-electron chi connectivity index (χ0n) is 14.6. The van der Waals surface area contributed by atoms with Crippen molar-refractivity contribution < 1.29 is 13.3 Å². The van der Waals surface area contributed by atoms with Gasteiger partial charge in [-0.15, -0.1) is 0 Å². The van der Waals surface area contributed by atoms with Gasteiger partial charge in [-0.3, -0.25) is 4.98 Å². The van der Waals surface area contributed by atoms with Gasteiger partial charge in [0.1, 0.15) is 5.69 Å². The molecule has 27 heavy (non-hydrogen) atoms. The first kappa shape index (κ1) is 17.2. The van der Waals surface area contributed by atoms with Gasteiger partial charge < -0.3 is 4.84 Å². The number of pyridine rings is 2. The molecule has 0 aliphatic carbocycles. The number of fused-ring (bicyclic) bond motifs is 1. The maximum atomic E-state index is 11.9. The van der Waals surface area contributed by atoms with Gasteiger partial charge in [0.2, 0.25) is 0 Å². The lowest BCUT2D eigenvalue weighted by Crippen LogP contribution is -2.09. The van der Waals surface area contributed by atoms with Crippen LogP contribution < -0.4 is 4.84 Å². The van der Waals surface area contributed by atoms with E-state index < -0.39 is 9.84 Å². The van der Waals surface area contributed by atoms with Crippen LogP contribution in [0.15, 0.2) is 78.1 Å². The Balaban J connectivity index is 1.78. The van der Waals surface area contributed by atoms with Crippen LogP contribution in [-0.4, -0.2) is 28.9 Å². The monoisotopic (exact) mass is 379 g/mol. The molecule has 0 fully saturated rings. The summed E-state index contributed by atoms with van der Waals surface area (Å²) >= 11 is 0. The fraction of sp³-hybridized carbons (Fsp3) is 0.100. The molecule has 4 rings (SSSR count). The Hall–Kier alpha value is -3.19. The second-order valence-corrected chi connectivity index (χ2v) is 8.15. The summed E-state index contributed by atoms with van der Waals surface area (Å²) in [6.45, 7) is 1.59. The molecule has 0 atom stereocenters. The molecule has 0 aliphatic heterocycles. The molecule has 0 unspecified atom stereocenters. The number of nitrogens with zero attached hydrogens (tertiary/aromatic N) is 3. The molecule has 0 amide bonds. The van der Waals surface area contributed by atoms with Gasteiger partial charge >= 0.3 is 0 Å². The highest BCUT2D eigenvalue weighted by molar-refractivity contribution is 7.91. The molecule has 3 aromatic heterocycles. The molecule has 1 aromatic carbocycles. The number of benzene rings is 1. The van der Waals surface area contributed by atoms with E-state index in [0.29, 0.717) is 5.75 Å². The lowest BCUT2D eigenvalue weighted by molar-refractivity contribution is 0.232. The molecule has 0 aliphatic rings. The second-order valence-electron chi connectivity index (χ2n) is 5.92. The number of hydrogen-bond acceptors (Lipinski definition) is 5. The van der Waals surface area contributed by atoms with Gasteiger partial charge in [-0.2, -0.15) is 4.73 Å².